The number of hydrogen-bond donors (Lipinski definition) is 2. The van der Waals surface area contributed by atoms with Gasteiger partial charge in [0.15, 0.2) is 11.5 Å². The third-order valence-electron chi connectivity index (χ3n) is 4.33. The molecular formula is C22H21N3O7. The second-order valence-electron chi connectivity index (χ2n) is 6.44. The number of H-pyrrole nitrogens is 1. The van der Waals surface area contributed by atoms with Crippen molar-refractivity contribution in [1.29, 1.82) is 0 Å². The monoisotopic (exact) mass is 439 g/mol. The van der Waals surface area contributed by atoms with Gasteiger partial charge in [-0.1, -0.05) is 30.3 Å². The summed E-state index contributed by atoms with van der Waals surface area (Å²) in [5, 5.41) is 9.12. The van der Waals surface area contributed by atoms with Gasteiger partial charge in [0.05, 0.1) is 18.6 Å². The molecule has 0 aliphatic heterocycles. The number of ether oxygens (including phenoxy) is 2. The fourth-order valence-corrected chi connectivity index (χ4v) is 2.88. The molecule has 0 aliphatic carbocycles. The van der Waals surface area contributed by atoms with Gasteiger partial charge in [-0.05, 0) is 32.2 Å². The fourth-order valence-electron chi connectivity index (χ4n) is 2.88. The van der Waals surface area contributed by atoms with E-state index in [1.165, 1.54) is 18.3 Å². The second kappa shape index (κ2) is 10.2. The van der Waals surface area contributed by atoms with Crippen LogP contribution in [0.4, 0.5) is 5.69 Å². The lowest BCUT2D eigenvalue weighted by molar-refractivity contribution is -0.158. The maximum Gasteiger partial charge on any atom is 0.360 e. The highest BCUT2D eigenvalue weighted by Gasteiger charge is 2.26. The number of benzene rings is 1. The third kappa shape index (κ3) is 4.91. The average molecular weight is 439 g/mol. The van der Waals surface area contributed by atoms with Crippen molar-refractivity contribution in [2.75, 3.05) is 18.5 Å². The molecule has 0 spiro atoms. The Balaban J connectivity index is 1.94. The van der Waals surface area contributed by atoms with Gasteiger partial charge in [0, 0.05) is 5.56 Å². The van der Waals surface area contributed by atoms with Gasteiger partial charge in [-0.15, -0.1) is 0 Å². The summed E-state index contributed by atoms with van der Waals surface area (Å²) in [6.07, 6.45) is 2.41. The molecule has 0 fully saturated rings. The Morgan fingerprint density at radius 2 is 1.78 bits per heavy atom. The van der Waals surface area contributed by atoms with Gasteiger partial charge in [-0.2, -0.15) is 5.10 Å². The highest BCUT2D eigenvalue weighted by Crippen LogP contribution is 2.24. The topological polar surface area (TPSA) is 141 Å². The molecule has 10 nitrogen and oxygen atoms in total. The van der Waals surface area contributed by atoms with Gasteiger partial charge in [0.25, 0.3) is 5.56 Å². The molecule has 10 heteroatoms. The molecule has 166 valence electrons. The fraction of sp³-hybridized carbons (Fsp3) is 0.227. The molecule has 0 amide bonds. The number of nitrogens with one attached hydrogen (secondary N) is 2. The molecule has 3 rings (SSSR count). The molecule has 2 heterocycles. The number of carbonyl (C=O) groups is 2. The minimum absolute atomic E-state index is 0.0374. The van der Waals surface area contributed by atoms with Gasteiger partial charge < -0.3 is 19.2 Å². The molecule has 0 radical (unpaired) electrons. The van der Waals surface area contributed by atoms with Crippen LogP contribution in [0.2, 0.25) is 0 Å². The standard InChI is InChI=1S/C22H21N3O7/c1-3-30-20(27)14(21(28)31-4-2)10-11-23-16-12-15-18(32-22(16)29)17(24-25-19(15)26)13-8-6-5-7-9-13/h5-12,14,23H,3-4H2,1-2H3,(H,25,26)/b11-10+. The van der Waals surface area contributed by atoms with Crippen LogP contribution in [0.15, 0.2) is 62.7 Å². The van der Waals surface area contributed by atoms with Crippen molar-refractivity contribution >= 4 is 28.6 Å². The molecule has 2 aromatic heterocycles. The van der Waals surface area contributed by atoms with E-state index in [0.717, 1.165) is 0 Å². The summed E-state index contributed by atoms with van der Waals surface area (Å²) in [7, 11) is 0. The number of hydrogen-bond acceptors (Lipinski definition) is 9. The third-order valence-corrected chi connectivity index (χ3v) is 4.33. The van der Waals surface area contributed by atoms with Crippen molar-refractivity contribution < 1.29 is 23.5 Å². The Morgan fingerprint density at radius 3 is 2.41 bits per heavy atom. The quantitative estimate of drug-likeness (QED) is 0.399. The van der Waals surface area contributed by atoms with Crippen LogP contribution in [-0.4, -0.2) is 35.3 Å². The smallest absolute Gasteiger partial charge is 0.360 e. The molecule has 0 saturated heterocycles. The zero-order valence-electron chi connectivity index (χ0n) is 17.4. The summed E-state index contributed by atoms with van der Waals surface area (Å²) in [6, 6.07) is 10.2. The summed E-state index contributed by atoms with van der Waals surface area (Å²) in [4.78, 5) is 48.8. The summed E-state index contributed by atoms with van der Waals surface area (Å²) >= 11 is 0. The zero-order chi connectivity index (χ0) is 23.1. The van der Waals surface area contributed by atoms with Crippen LogP contribution in [0.25, 0.3) is 22.2 Å². The number of aromatic nitrogens is 2. The second-order valence-corrected chi connectivity index (χ2v) is 6.44. The zero-order valence-corrected chi connectivity index (χ0v) is 17.4. The van der Waals surface area contributed by atoms with Crippen LogP contribution >= 0.6 is 0 Å². The largest absolute Gasteiger partial charge is 0.465 e. The first-order valence-corrected chi connectivity index (χ1v) is 9.84. The first-order valence-electron chi connectivity index (χ1n) is 9.84. The Bertz CT molecular complexity index is 1240. The van der Waals surface area contributed by atoms with Gasteiger partial charge >= 0.3 is 17.6 Å². The number of nitrogens with zero attached hydrogens (tertiary/aromatic N) is 1. The van der Waals surface area contributed by atoms with E-state index < -0.39 is 29.0 Å². The molecule has 0 atom stereocenters. The normalized spacial score (nSPS) is 11.1. The maximum absolute atomic E-state index is 12.5. The number of esters is 2. The first-order chi connectivity index (χ1) is 15.5. The van der Waals surface area contributed by atoms with E-state index in [2.05, 4.69) is 15.5 Å². The van der Waals surface area contributed by atoms with E-state index in [-0.39, 0.29) is 29.9 Å². The molecule has 2 N–H and O–H groups in total. The van der Waals surface area contributed by atoms with Gasteiger partial charge in [0.2, 0.25) is 0 Å². The number of rotatable bonds is 8. The lowest BCUT2D eigenvalue weighted by Crippen LogP contribution is -2.26. The maximum atomic E-state index is 12.5. The summed E-state index contributed by atoms with van der Waals surface area (Å²) in [5.74, 6) is -2.89. The van der Waals surface area contributed by atoms with Crippen molar-refractivity contribution in [1.82, 2.24) is 10.2 Å². The Hall–Kier alpha value is -4.21. The highest BCUT2D eigenvalue weighted by atomic mass is 16.6. The Kier molecular flexibility index (Phi) is 7.17. The van der Waals surface area contributed by atoms with E-state index in [4.69, 9.17) is 13.9 Å². The number of carbonyl (C=O) groups excluding carboxylic acids is 2. The van der Waals surface area contributed by atoms with Crippen molar-refractivity contribution in [3.63, 3.8) is 0 Å². The van der Waals surface area contributed by atoms with Crippen molar-refractivity contribution in [3.8, 4) is 11.3 Å². The number of anilines is 1. The average Bonchev–Trinajstić information content (AvgIpc) is 2.78. The minimum atomic E-state index is -1.31. The summed E-state index contributed by atoms with van der Waals surface area (Å²) in [5.41, 5.74) is -0.387. The van der Waals surface area contributed by atoms with Crippen LogP contribution in [0.1, 0.15) is 13.8 Å². The predicted octanol–water partition coefficient (Wildman–Crippen LogP) is 2.21. The molecule has 3 aromatic rings. The van der Waals surface area contributed by atoms with Crippen LogP contribution < -0.4 is 16.5 Å². The summed E-state index contributed by atoms with van der Waals surface area (Å²) in [6.45, 7) is 3.40. The lowest BCUT2D eigenvalue weighted by Gasteiger charge is -2.10. The van der Waals surface area contributed by atoms with E-state index in [1.54, 1.807) is 38.1 Å². The molecule has 0 unspecified atom stereocenters. The molecule has 32 heavy (non-hydrogen) atoms. The van der Waals surface area contributed by atoms with E-state index in [1.807, 2.05) is 6.07 Å². The number of fused-ring (bicyclic) bond motifs is 1. The van der Waals surface area contributed by atoms with E-state index in [9.17, 15) is 19.2 Å². The van der Waals surface area contributed by atoms with Crippen LogP contribution in [0.3, 0.4) is 0 Å². The van der Waals surface area contributed by atoms with Gasteiger partial charge in [0.1, 0.15) is 11.4 Å². The van der Waals surface area contributed by atoms with E-state index in [0.29, 0.717) is 11.3 Å². The minimum Gasteiger partial charge on any atom is -0.465 e. The number of aromatic amines is 1. The van der Waals surface area contributed by atoms with Gasteiger partial charge in [-0.25, -0.2) is 9.89 Å². The van der Waals surface area contributed by atoms with E-state index >= 15 is 0 Å². The van der Waals surface area contributed by atoms with Crippen LogP contribution in [0.5, 0.6) is 0 Å². The molecule has 0 saturated carbocycles. The Labute approximate surface area is 181 Å². The molecule has 0 aliphatic rings. The molecule has 1 aromatic carbocycles. The van der Waals surface area contributed by atoms with Crippen molar-refractivity contribution in [3.05, 3.63) is 69.4 Å². The van der Waals surface area contributed by atoms with Crippen molar-refractivity contribution in [2.24, 2.45) is 5.92 Å². The van der Waals surface area contributed by atoms with Crippen LogP contribution in [0, 0.1) is 5.92 Å². The summed E-state index contributed by atoms with van der Waals surface area (Å²) < 4.78 is 15.1. The molecular weight excluding hydrogens is 418 g/mol. The lowest BCUT2D eigenvalue weighted by atomic mass is 10.1. The molecule has 0 bridgehead atoms. The highest BCUT2D eigenvalue weighted by molar-refractivity contribution is 5.97. The Morgan fingerprint density at radius 1 is 1.12 bits per heavy atom. The SMILES string of the molecule is CCOC(=O)C(/C=C/Nc1cc2c(=O)[nH]nc(-c3ccccc3)c2oc1=O)C(=O)OCC. The van der Waals surface area contributed by atoms with Gasteiger partial charge in [-0.3, -0.25) is 14.4 Å². The predicted molar refractivity (Wildman–Crippen MR) is 116 cm³/mol. The first kappa shape index (κ1) is 22.5. The van der Waals surface area contributed by atoms with Crippen LogP contribution in [-0.2, 0) is 19.1 Å². The van der Waals surface area contributed by atoms with Crippen molar-refractivity contribution in [2.45, 2.75) is 13.8 Å².